The molecule has 2 fully saturated rings. The van der Waals surface area contributed by atoms with Crippen molar-refractivity contribution in [2.45, 2.75) is 95.7 Å². The van der Waals surface area contributed by atoms with Crippen molar-refractivity contribution in [3.63, 3.8) is 0 Å². The Bertz CT molecular complexity index is 270. The van der Waals surface area contributed by atoms with Crippen LogP contribution in [0.15, 0.2) is 0 Å². The van der Waals surface area contributed by atoms with E-state index >= 15 is 0 Å². The second-order valence-corrected chi connectivity index (χ2v) is 10.6. The maximum atomic E-state index is 6.64. The number of hydrogen-bond donors (Lipinski definition) is 0. The molecule has 0 aliphatic heterocycles. The topological polar surface area (TPSA) is 18.5 Å². The summed E-state index contributed by atoms with van der Waals surface area (Å²) in [5.41, 5.74) is 0.709. The molecule has 0 bridgehead atoms. The van der Waals surface area contributed by atoms with E-state index in [0.29, 0.717) is 11.6 Å². The third kappa shape index (κ3) is 4.31. The number of hydrogen-bond acceptors (Lipinski definition) is 2. The van der Waals surface area contributed by atoms with Crippen LogP contribution in [-0.2, 0) is 8.85 Å². The van der Waals surface area contributed by atoms with Gasteiger partial charge in [0, 0.05) is 18.8 Å². The molecule has 0 aromatic carbocycles. The Labute approximate surface area is 126 Å². The molecule has 2 aliphatic carbocycles. The molecule has 0 N–H and O–H groups in total. The molecule has 2 nitrogen and oxygen atoms in total. The lowest BCUT2D eigenvalue weighted by molar-refractivity contribution is 0.0743. The molecule has 0 amide bonds. The minimum absolute atomic E-state index is 0.398. The quantitative estimate of drug-likeness (QED) is 0.499. The third-order valence-electron chi connectivity index (χ3n) is 5.74. The third-order valence-corrected chi connectivity index (χ3v) is 9.45. The predicted octanol–water partition coefficient (Wildman–Crippen LogP) is 5.41. The van der Waals surface area contributed by atoms with Gasteiger partial charge in [0.05, 0.1) is 0 Å². The van der Waals surface area contributed by atoms with E-state index in [-0.39, 0.29) is 0 Å². The van der Waals surface area contributed by atoms with E-state index in [2.05, 4.69) is 13.5 Å². The Hall–Kier alpha value is 0.137. The highest BCUT2D eigenvalue weighted by molar-refractivity contribution is 6.67. The zero-order valence-corrected chi connectivity index (χ0v) is 14.8. The second kappa shape index (κ2) is 7.95. The van der Waals surface area contributed by atoms with E-state index in [0.717, 1.165) is 5.92 Å². The molecule has 0 spiro atoms. The summed E-state index contributed by atoms with van der Waals surface area (Å²) in [5.74, 6) is 0.775. The summed E-state index contributed by atoms with van der Waals surface area (Å²) in [6, 6.07) is 0. The van der Waals surface area contributed by atoms with Crippen molar-refractivity contribution in [1.82, 2.24) is 0 Å². The minimum Gasteiger partial charge on any atom is -0.398 e. The van der Waals surface area contributed by atoms with Gasteiger partial charge in [-0.05, 0) is 45.1 Å². The SMILES string of the molecule is CO[Si](C)(OC(C)C1CCCCC1)C1CCCCCC1. The van der Waals surface area contributed by atoms with Crippen molar-refractivity contribution in [2.24, 2.45) is 5.92 Å². The molecule has 118 valence electrons. The van der Waals surface area contributed by atoms with Crippen molar-refractivity contribution in [1.29, 1.82) is 0 Å². The molecular formula is C17H34O2Si. The maximum absolute atomic E-state index is 6.64. The van der Waals surface area contributed by atoms with E-state index in [4.69, 9.17) is 8.85 Å². The molecule has 2 unspecified atom stereocenters. The average Bonchev–Trinajstić information content (AvgIpc) is 2.77. The highest BCUT2D eigenvalue weighted by Crippen LogP contribution is 2.39. The van der Waals surface area contributed by atoms with Crippen LogP contribution in [0.2, 0.25) is 12.1 Å². The molecule has 2 atom stereocenters. The largest absolute Gasteiger partial charge is 0.398 e. The summed E-state index contributed by atoms with van der Waals surface area (Å²) in [7, 11) is -0.108. The van der Waals surface area contributed by atoms with Crippen LogP contribution in [0.1, 0.15) is 77.6 Å². The first-order chi connectivity index (χ1) is 9.65. The molecule has 0 aromatic rings. The van der Waals surface area contributed by atoms with Gasteiger partial charge in [-0.2, -0.15) is 0 Å². The van der Waals surface area contributed by atoms with E-state index in [1.54, 1.807) is 0 Å². The van der Waals surface area contributed by atoms with Crippen LogP contribution < -0.4 is 0 Å². The highest BCUT2D eigenvalue weighted by atomic mass is 28.4. The van der Waals surface area contributed by atoms with Gasteiger partial charge in [0.15, 0.2) is 0 Å². The van der Waals surface area contributed by atoms with Crippen LogP contribution in [0, 0.1) is 5.92 Å². The zero-order valence-electron chi connectivity index (χ0n) is 13.8. The average molecular weight is 299 g/mol. The Morgan fingerprint density at radius 2 is 1.35 bits per heavy atom. The lowest BCUT2D eigenvalue weighted by Gasteiger charge is -2.38. The van der Waals surface area contributed by atoms with Crippen molar-refractivity contribution in [3.05, 3.63) is 0 Å². The molecule has 3 heteroatoms. The van der Waals surface area contributed by atoms with Gasteiger partial charge in [-0.1, -0.05) is 44.9 Å². The second-order valence-electron chi connectivity index (χ2n) is 7.13. The smallest absolute Gasteiger partial charge is 0.338 e. The van der Waals surface area contributed by atoms with Gasteiger partial charge in [0.2, 0.25) is 0 Å². The first-order valence-corrected chi connectivity index (χ1v) is 11.3. The highest BCUT2D eigenvalue weighted by Gasteiger charge is 2.42. The van der Waals surface area contributed by atoms with Crippen LogP contribution >= 0.6 is 0 Å². The van der Waals surface area contributed by atoms with Gasteiger partial charge in [0.25, 0.3) is 0 Å². The molecule has 0 aromatic heterocycles. The Balaban J connectivity index is 1.94. The van der Waals surface area contributed by atoms with Gasteiger partial charge < -0.3 is 8.85 Å². The fraction of sp³-hybridized carbons (Fsp3) is 1.00. The maximum Gasteiger partial charge on any atom is 0.338 e. The lowest BCUT2D eigenvalue weighted by atomic mass is 9.86. The van der Waals surface area contributed by atoms with E-state index < -0.39 is 8.56 Å². The Morgan fingerprint density at radius 3 is 1.90 bits per heavy atom. The molecule has 2 saturated carbocycles. The van der Waals surface area contributed by atoms with Crippen LogP contribution in [0.25, 0.3) is 0 Å². The summed E-state index contributed by atoms with van der Waals surface area (Å²) in [5, 5.41) is 0. The molecule has 20 heavy (non-hydrogen) atoms. The fourth-order valence-electron chi connectivity index (χ4n) is 4.18. The summed E-state index contributed by atoms with van der Waals surface area (Å²) < 4.78 is 12.6. The standard InChI is InChI=1S/C17H34O2Si/c1-15(16-11-7-6-8-12-16)19-20(3,18-2)17-13-9-4-5-10-14-17/h15-17H,4-14H2,1-3H3. The predicted molar refractivity (Wildman–Crippen MR) is 87.2 cm³/mol. The molecule has 0 heterocycles. The first kappa shape index (κ1) is 16.5. The normalized spacial score (nSPS) is 27.8. The van der Waals surface area contributed by atoms with E-state index in [9.17, 15) is 0 Å². The molecule has 0 saturated heterocycles. The van der Waals surface area contributed by atoms with Crippen molar-refractivity contribution in [2.75, 3.05) is 7.11 Å². The van der Waals surface area contributed by atoms with Gasteiger partial charge in [0.1, 0.15) is 0 Å². The molecule has 2 aliphatic rings. The Morgan fingerprint density at radius 1 is 0.850 bits per heavy atom. The van der Waals surface area contributed by atoms with Gasteiger partial charge in [-0.15, -0.1) is 0 Å². The summed E-state index contributed by atoms with van der Waals surface area (Å²) in [6.45, 7) is 4.62. The van der Waals surface area contributed by atoms with E-state index in [1.807, 2.05) is 7.11 Å². The number of rotatable bonds is 5. The Kier molecular flexibility index (Phi) is 6.56. The van der Waals surface area contributed by atoms with E-state index in [1.165, 1.54) is 70.6 Å². The van der Waals surface area contributed by atoms with Gasteiger partial charge in [-0.25, -0.2) is 0 Å². The van der Waals surface area contributed by atoms with Crippen molar-refractivity contribution < 1.29 is 8.85 Å². The zero-order chi connectivity index (χ0) is 14.4. The van der Waals surface area contributed by atoms with Crippen LogP contribution in [0.5, 0.6) is 0 Å². The summed E-state index contributed by atoms with van der Waals surface area (Å²) in [4.78, 5) is 0. The van der Waals surface area contributed by atoms with Gasteiger partial charge >= 0.3 is 8.56 Å². The fourth-order valence-corrected chi connectivity index (χ4v) is 7.19. The van der Waals surface area contributed by atoms with Crippen LogP contribution in [-0.4, -0.2) is 21.8 Å². The molecular weight excluding hydrogens is 264 g/mol. The van der Waals surface area contributed by atoms with Crippen LogP contribution in [0.3, 0.4) is 0 Å². The lowest BCUT2D eigenvalue weighted by Crippen LogP contribution is -2.47. The first-order valence-electron chi connectivity index (χ1n) is 8.88. The van der Waals surface area contributed by atoms with Crippen LogP contribution in [0.4, 0.5) is 0 Å². The summed E-state index contributed by atoms with van der Waals surface area (Å²) >= 11 is 0. The molecule has 2 rings (SSSR count). The molecule has 0 radical (unpaired) electrons. The summed E-state index contributed by atoms with van der Waals surface area (Å²) in [6.07, 6.45) is 15.5. The minimum atomic E-state index is -2.00. The van der Waals surface area contributed by atoms with Gasteiger partial charge in [-0.3, -0.25) is 0 Å². The van der Waals surface area contributed by atoms with Crippen molar-refractivity contribution >= 4 is 8.56 Å². The monoisotopic (exact) mass is 298 g/mol. The van der Waals surface area contributed by atoms with Crippen molar-refractivity contribution in [3.8, 4) is 0 Å².